The zero-order valence-corrected chi connectivity index (χ0v) is 18.9. The molecule has 0 aliphatic carbocycles. The van der Waals surface area contributed by atoms with Gasteiger partial charge in [0.15, 0.2) is 11.6 Å². The Hall–Kier alpha value is -3.36. The molecule has 0 aromatic heterocycles. The van der Waals surface area contributed by atoms with Crippen molar-refractivity contribution in [3.8, 4) is 0 Å². The zero-order chi connectivity index (χ0) is 23.9. The molecule has 2 fully saturated rings. The van der Waals surface area contributed by atoms with Gasteiger partial charge in [0.2, 0.25) is 0 Å². The molecule has 0 radical (unpaired) electrons. The van der Waals surface area contributed by atoms with Crippen molar-refractivity contribution in [2.24, 2.45) is 0 Å². The summed E-state index contributed by atoms with van der Waals surface area (Å²) in [6, 6.07) is 17.4. The predicted molar refractivity (Wildman–Crippen MR) is 125 cm³/mol. The second kappa shape index (κ2) is 8.77. The van der Waals surface area contributed by atoms with Crippen LogP contribution in [-0.4, -0.2) is 59.5 Å². The summed E-state index contributed by atoms with van der Waals surface area (Å²) >= 11 is 0. The third kappa shape index (κ3) is 4.03. The molecule has 5 rings (SSSR count). The first-order valence-electron chi connectivity index (χ1n) is 11.4. The van der Waals surface area contributed by atoms with Crippen LogP contribution in [0.1, 0.15) is 18.1 Å². The van der Waals surface area contributed by atoms with E-state index < -0.39 is 29.1 Å². The molecule has 34 heavy (non-hydrogen) atoms. The first kappa shape index (κ1) is 22.4. The van der Waals surface area contributed by atoms with Gasteiger partial charge >= 0.3 is 6.03 Å². The molecule has 8 heteroatoms. The van der Waals surface area contributed by atoms with Crippen LogP contribution in [0.25, 0.3) is 10.8 Å². The Morgan fingerprint density at radius 3 is 2.35 bits per heavy atom. The lowest BCUT2D eigenvalue weighted by molar-refractivity contribution is -0.132. The van der Waals surface area contributed by atoms with Crippen molar-refractivity contribution < 1.29 is 18.4 Å². The molecule has 3 amide bonds. The number of piperazine rings is 1. The number of fused-ring (bicyclic) bond motifs is 1. The average molecular weight is 465 g/mol. The molecule has 0 saturated carbocycles. The quantitative estimate of drug-likeness (QED) is 0.586. The number of nitrogens with one attached hydrogen (secondary N) is 1. The number of carbonyl (C=O) groups is 2. The van der Waals surface area contributed by atoms with E-state index in [1.807, 2.05) is 6.07 Å². The minimum absolute atomic E-state index is 0.159. The van der Waals surface area contributed by atoms with E-state index in [-0.39, 0.29) is 12.2 Å². The van der Waals surface area contributed by atoms with Crippen LogP contribution in [-0.2, 0) is 16.9 Å². The average Bonchev–Trinajstić information content (AvgIpc) is 3.06. The molecule has 1 atom stereocenters. The Morgan fingerprint density at radius 1 is 0.882 bits per heavy atom. The second-order valence-corrected chi connectivity index (χ2v) is 9.09. The zero-order valence-electron chi connectivity index (χ0n) is 18.9. The molecule has 1 N–H and O–H groups in total. The van der Waals surface area contributed by atoms with Gasteiger partial charge in [0.05, 0.1) is 6.67 Å². The third-order valence-corrected chi connectivity index (χ3v) is 6.85. The number of carbonyl (C=O) groups excluding carboxylic acids is 2. The van der Waals surface area contributed by atoms with Crippen molar-refractivity contribution in [1.29, 1.82) is 0 Å². The van der Waals surface area contributed by atoms with E-state index in [0.29, 0.717) is 13.1 Å². The minimum atomic E-state index is -1.43. The lowest BCUT2D eigenvalue weighted by Crippen LogP contribution is -2.51. The van der Waals surface area contributed by atoms with Crippen LogP contribution in [0.2, 0.25) is 0 Å². The Labute approximate surface area is 196 Å². The van der Waals surface area contributed by atoms with Crippen LogP contribution in [0.15, 0.2) is 60.7 Å². The highest BCUT2D eigenvalue weighted by Gasteiger charge is 2.49. The number of amides is 3. The van der Waals surface area contributed by atoms with E-state index in [0.717, 1.165) is 36.7 Å². The highest BCUT2D eigenvalue weighted by atomic mass is 19.2. The second-order valence-electron chi connectivity index (χ2n) is 9.09. The first-order valence-corrected chi connectivity index (χ1v) is 11.4. The van der Waals surface area contributed by atoms with Gasteiger partial charge in [0.1, 0.15) is 5.54 Å². The van der Waals surface area contributed by atoms with Crippen LogP contribution in [0.5, 0.6) is 0 Å². The highest BCUT2D eigenvalue weighted by molar-refractivity contribution is 6.07. The van der Waals surface area contributed by atoms with E-state index in [1.54, 1.807) is 0 Å². The van der Waals surface area contributed by atoms with Crippen LogP contribution >= 0.6 is 0 Å². The number of nitrogens with zero attached hydrogens (tertiary/aromatic N) is 3. The minimum Gasteiger partial charge on any atom is -0.319 e. The van der Waals surface area contributed by atoms with Crippen LogP contribution in [0.3, 0.4) is 0 Å². The van der Waals surface area contributed by atoms with Crippen LogP contribution in [0.4, 0.5) is 13.6 Å². The smallest absolute Gasteiger partial charge is 0.319 e. The van der Waals surface area contributed by atoms with Crippen molar-refractivity contribution in [1.82, 2.24) is 20.0 Å². The fraction of sp³-hybridized carbons (Fsp3) is 0.308. The lowest BCUT2D eigenvalue weighted by atomic mass is 9.92. The van der Waals surface area contributed by atoms with Gasteiger partial charge in [0.25, 0.3) is 5.91 Å². The number of hydrogen-bond donors (Lipinski definition) is 1. The van der Waals surface area contributed by atoms with Gasteiger partial charge in [0, 0.05) is 32.7 Å². The molecule has 176 valence electrons. The summed E-state index contributed by atoms with van der Waals surface area (Å²) in [5.41, 5.74) is 0.0667. The van der Waals surface area contributed by atoms with Gasteiger partial charge in [-0.15, -0.1) is 0 Å². The molecule has 0 bridgehead atoms. The van der Waals surface area contributed by atoms with E-state index in [2.05, 4.69) is 51.5 Å². The van der Waals surface area contributed by atoms with Crippen molar-refractivity contribution in [3.05, 3.63) is 83.4 Å². The third-order valence-electron chi connectivity index (χ3n) is 6.85. The largest absolute Gasteiger partial charge is 0.326 e. The van der Waals surface area contributed by atoms with Crippen molar-refractivity contribution in [2.45, 2.75) is 19.0 Å². The van der Waals surface area contributed by atoms with E-state index in [4.69, 9.17) is 0 Å². The molecule has 3 aromatic carbocycles. The standard InChI is InChI=1S/C26H26F2N4O2/c1-26(20-9-10-22(27)23(28)15-20)24(33)32(25(34)29-26)17-31-13-11-30(12-14-31)16-19-7-4-6-18-5-2-3-8-21(18)19/h2-10,15H,11-14,16-17H2,1H3,(H,29,34). The summed E-state index contributed by atoms with van der Waals surface area (Å²) in [5.74, 6) is -2.52. The molecule has 2 aliphatic rings. The molecule has 6 nitrogen and oxygen atoms in total. The summed E-state index contributed by atoms with van der Waals surface area (Å²) in [4.78, 5) is 31.3. The molecule has 1 unspecified atom stereocenters. The van der Waals surface area contributed by atoms with E-state index in [1.165, 1.54) is 29.3 Å². The summed E-state index contributed by atoms with van der Waals surface area (Å²) < 4.78 is 27.1. The normalized spacial score (nSPS) is 21.9. The van der Waals surface area contributed by atoms with Gasteiger partial charge in [-0.25, -0.2) is 18.5 Å². The summed E-state index contributed by atoms with van der Waals surface area (Å²) in [5, 5.41) is 5.13. The van der Waals surface area contributed by atoms with Crippen LogP contribution < -0.4 is 5.32 Å². The van der Waals surface area contributed by atoms with Crippen LogP contribution in [0, 0.1) is 11.6 Å². The summed E-state index contributed by atoms with van der Waals surface area (Å²) in [6.07, 6.45) is 0. The summed E-state index contributed by atoms with van der Waals surface area (Å²) in [6.45, 7) is 5.56. The maximum atomic E-state index is 13.8. The fourth-order valence-corrected chi connectivity index (χ4v) is 4.79. The Balaban J connectivity index is 1.22. The monoisotopic (exact) mass is 464 g/mol. The van der Waals surface area contributed by atoms with Crippen molar-refractivity contribution in [3.63, 3.8) is 0 Å². The summed E-state index contributed by atoms with van der Waals surface area (Å²) in [7, 11) is 0. The van der Waals surface area contributed by atoms with Gasteiger partial charge in [-0.05, 0) is 41.0 Å². The number of benzene rings is 3. The topological polar surface area (TPSA) is 55.9 Å². The Kier molecular flexibility index (Phi) is 5.79. The van der Waals surface area contributed by atoms with Gasteiger partial charge < -0.3 is 5.32 Å². The number of halogens is 2. The number of rotatable bonds is 5. The highest BCUT2D eigenvalue weighted by Crippen LogP contribution is 2.30. The number of hydrogen-bond acceptors (Lipinski definition) is 4. The number of imide groups is 1. The lowest BCUT2D eigenvalue weighted by Gasteiger charge is -2.36. The Morgan fingerprint density at radius 2 is 1.59 bits per heavy atom. The number of urea groups is 1. The molecular formula is C26H26F2N4O2. The molecule has 2 saturated heterocycles. The first-order chi connectivity index (χ1) is 16.3. The molecule has 2 heterocycles. The molecule has 0 spiro atoms. The fourth-order valence-electron chi connectivity index (χ4n) is 4.79. The van der Waals surface area contributed by atoms with Gasteiger partial charge in [-0.3, -0.25) is 14.6 Å². The predicted octanol–water partition coefficient (Wildman–Crippen LogP) is 3.66. The molecule has 3 aromatic rings. The maximum Gasteiger partial charge on any atom is 0.326 e. The van der Waals surface area contributed by atoms with Crippen molar-refractivity contribution >= 4 is 22.7 Å². The molecule has 2 aliphatic heterocycles. The van der Waals surface area contributed by atoms with Crippen molar-refractivity contribution in [2.75, 3.05) is 32.8 Å². The van der Waals surface area contributed by atoms with E-state index >= 15 is 0 Å². The van der Waals surface area contributed by atoms with Gasteiger partial charge in [-0.2, -0.15) is 0 Å². The molecular weight excluding hydrogens is 438 g/mol. The maximum absolute atomic E-state index is 13.8. The van der Waals surface area contributed by atoms with Gasteiger partial charge in [-0.1, -0.05) is 48.5 Å². The van der Waals surface area contributed by atoms with E-state index in [9.17, 15) is 18.4 Å². The Bertz CT molecular complexity index is 1250. The SMILES string of the molecule is CC1(c2ccc(F)c(F)c2)NC(=O)N(CN2CCN(Cc3cccc4ccccc34)CC2)C1=O.